The molecular formula is C12H16N4O3. The van der Waals surface area contributed by atoms with Gasteiger partial charge in [-0.15, -0.1) is 5.10 Å². The second-order valence-electron chi connectivity index (χ2n) is 4.42. The van der Waals surface area contributed by atoms with Crippen molar-refractivity contribution in [2.45, 2.75) is 19.4 Å². The van der Waals surface area contributed by atoms with E-state index in [1.165, 1.54) is 10.8 Å². The fourth-order valence-electron chi connectivity index (χ4n) is 2.06. The Morgan fingerprint density at radius 2 is 2.37 bits per heavy atom. The van der Waals surface area contributed by atoms with Gasteiger partial charge in [0.2, 0.25) is 5.91 Å². The van der Waals surface area contributed by atoms with Gasteiger partial charge in [-0.2, -0.15) is 0 Å². The Morgan fingerprint density at radius 3 is 2.95 bits per heavy atom. The van der Waals surface area contributed by atoms with E-state index in [4.69, 9.17) is 4.74 Å². The molecule has 0 radical (unpaired) electrons. The molecule has 2 rings (SSSR count). The van der Waals surface area contributed by atoms with Crippen molar-refractivity contribution in [3.63, 3.8) is 0 Å². The van der Waals surface area contributed by atoms with Gasteiger partial charge < -0.3 is 9.64 Å². The topological polar surface area (TPSA) is 77.3 Å². The summed E-state index contributed by atoms with van der Waals surface area (Å²) in [5.74, 6) is -0.568. The van der Waals surface area contributed by atoms with Crippen LogP contribution in [0.25, 0.3) is 0 Å². The molecule has 0 aromatic carbocycles. The van der Waals surface area contributed by atoms with Crippen molar-refractivity contribution in [1.29, 1.82) is 0 Å². The first kappa shape index (κ1) is 13.3. The molecule has 19 heavy (non-hydrogen) atoms. The van der Waals surface area contributed by atoms with Crippen molar-refractivity contribution in [3.8, 4) is 0 Å². The summed E-state index contributed by atoms with van der Waals surface area (Å²) < 4.78 is 6.41. The van der Waals surface area contributed by atoms with Gasteiger partial charge in [-0.25, -0.2) is 9.48 Å². The van der Waals surface area contributed by atoms with E-state index in [0.29, 0.717) is 18.7 Å². The van der Waals surface area contributed by atoms with Crippen LogP contribution in [0.2, 0.25) is 0 Å². The van der Waals surface area contributed by atoms with Crippen molar-refractivity contribution in [1.82, 2.24) is 19.9 Å². The molecular weight excluding hydrogens is 248 g/mol. The van der Waals surface area contributed by atoms with E-state index < -0.39 is 5.97 Å². The van der Waals surface area contributed by atoms with E-state index in [-0.39, 0.29) is 24.2 Å². The third-order valence-corrected chi connectivity index (χ3v) is 3.15. The quantitative estimate of drug-likeness (QED) is 0.578. The fourth-order valence-corrected chi connectivity index (χ4v) is 2.06. The second kappa shape index (κ2) is 5.21. The van der Waals surface area contributed by atoms with Crippen LogP contribution in [-0.2, 0) is 9.53 Å². The number of ether oxygens (including phenoxy) is 1. The normalized spacial score (nSPS) is 18.7. The van der Waals surface area contributed by atoms with Gasteiger partial charge >= 0.3 is 5.97 Å². The third kappa shape index (κ3) is 2.35. The molecule has 1 unspecified atom stereocenters. The average Bonchev–Trinajstić information content (AvgIpc) is 2.92. The molecule has 1 aromatic heterocycles. The Hall–Kier alpha value is -2.18. The highest BCUT2D eigenvalue weighted by atomic mass is 16.5. The molecule has 0 saturated carbocycles. The highest BCUT2D eigenvalue weighted by Gasteiger charge is 2.33. The predicted octanol–water partition coefficient (Wildman–Crippen LogP) is 0.333. The Labute approximate surface area is 110 Å². The smallest absolute Gasteiger partial charge is 0.361 e. The van der Waals surface area contributed by atoms with Crippen molar-refractivity contribution in [3.05, 3.63) is 24.0 Å². The molecule has 1 atom stereocenters. The number of hydrogen-bond acceptors (Lipinski definition) is 5. The van der Waals surface area contributed by atoms with Crippen molar-refractivity contribution < 1.29 is 14.3 Å². The molecule has 102 valence electrons. The largest absolute Gasteiger partial charge is 0.457 e. The lowest BCUT2D eigenvalue weighted by Gasteiger charge is -2.11. The monoisotopic (exact) mass is 264 g/mol. The molecule has 0 spiro atoms. The summed E-state index contributed by atoms with van der Waals surface area (Å²) in [4.78, 5) is 25.3. The molecule has 7 heteroatoms. The van der Waals surface area contributed by atoms with Gasteiger partial charge in [-0.05, 0) is 13.3 Å². The molecule has 1 aliphatic rings. The number of hydrogen-bond donors (Lipinski definition) is 0. The summed E-state index contributed by atoms with van der Waals surface area (Å²) in [6.45, 7) is 5.97. The van der Waals surface area contributed by atoms with E-state index in [2.05, 4.69) is 16.9 Å². The first-order valence-electron chi connectivity index (χ1n) is 6.01. The van der Waals surface area contributed by atoms with Gasteiger partial charge in [0.15, 0.2) is 5.69 Å². The van der Waals surface area contributed by atoms with Crippen LogP contribution in [0.5, 0.6) is 0 Å². The van der Waals surface area contributed by atoms with Crippen molar-refractivity contribution in [2.24, 2.45) is 0 Å². The average molecular weight is 264 g/mol. The number of carbonyl (C=O) groups excluding carboxylic acids is 2. The zero-order valence-electron chi connectivity index (χ0n) is 11.0. The zero-order valence-corrected chi connectivity index (χ0v) is 11.0. The number of aromatic nitrogens is 3. The van der Waals surface area contributed by atoms with E-state index >= 15 is 0 Å². The van der Waals surface area contributed by atoms with Gasteiger partial charge in [0.05, 0.1) is 5.69 Å². The molecule has 2 heterocycles. The van der Waals surface area contributed by atoms with Crippen LogP contribution in [0.15, 0.2) is 12.7 Å². The van der Waals surface area contributed by atoms with Crippen LogP contribution in [0.4, 0.5) is 0 Å². The van der Waals surface area contributed by atoms with Gasteiger partial charge in [-0.3, -0.25) is 4.79 Å². The van der Waals surface area contributed by atoms with E-state index in [0.717, 1.165) is 0 Å². The Kier molecular flexibility index (Phi) is 3.64. The lowest BCUT2D eigenvalue weighted by Crippen LogP contribution is -2.25. The summed E-state index contributed by atoms with van der Waals surface area (Å²) in [7, 11) is 1.74. The maximum Gasteiger partial charge on any atom is 0.361 e. The van der Waals surface area contributed by atoms with Crippen LogP contribution in [0, 0.1) is 6.92 Å². The standard InChI is InChI=1S/C12H16N4O3/c1-4-7-19-12(18)10-8(2)16(14-13-10)9-5-6-15(3)11(9)17/h4,9H,1,5-7H2,2-3H3. The molecule has 1 aliphatic heterocycles. The molecule has 1 aromatic rings. The number of nitrogens with zero attached hydrogens (tertiary/aromatic N) is 4. The second-order valence-corrected chi connectivity index (χ2v) is 4.42. The Bertz CT molecular complexity index is 523. The van der Waals surface area contributed by atoms with Gasteiger partial charge in [0, 0.05) is 13.6 Å². The van der Waals surface area contributed by atoms with Gasteiger partial charge in [0.25, 0.3) is 0 Å². The van der Waals surface area contributed by atoms with Crippen LogP contribution in [0.3, 0.4) is 0 Å². The minimum absolute atomic E-state index is 0.0148. The molecule has 0 N–H and O–H groups in total. The number of likely N-dealkylation sites (tertiary alicyclic amines) is 1. The minimum Gasteiger partial charge on any atom is -0.457 e. The summed E-state index contributed by atoms with van der Waals surface area (Å²) >= 11 is 0. The molecule has 0 aliphatic carbocycles. The minimum atomic E-state index is -0.553. The molecule has 1 amide bonds. The predicted molar refractivity (Wildman–Crippen MR) is 66.5 cm³/mol. The van der Waals surface area contributed by atoms with E-state index in [9.17, 15) is 9.59 Å². The summed E-state index contributed by atoms with van der Waals surface area (Å²) in [6.07, 6.45) is 2.15. The maximum absolute atomic E-state index is 11.9. The number of amides is 1. The fraction of sp³-hybridized carbons (Fsp3) is 0.500. The molecule has 1 saturated heterocycles. The lowest BCUT2D eigenvalue weighted by molar-refractivity contribution is -0.129. The number of esters is 1. The third-order valence-electron chi connectivity index (χ3n) is 3.15. The number of rotatable bonds is 4. The van der Waals surface area contributed by atoms with E-state index in [1.807, 2.05) is 0 Å². The molecule has 0 bridgehead atoms. The number of carbonyl (C=O) groups is 2. The van der Waals surface area contributed by atoms with Crippen LogP contribution < -0.4 is 0 Å². The molecule has 1 fully saturated rings. The Balaban J connectivity index is 2.21. The summed E-state index contributed by atoms with van der Waals surface area (Å²) in [5, 5.41) is 7.71. The van der Waals surface area contributed by atoms with Crippen molar-refractivity contribution >= 4 is 11.9 Å². The maximum atomic E-state index is 11.9. The SMILES string of the molecule is C=CCOC(=O)c1nnn(C2CCN(C)C2=O)c1C. The first-order valence-corrected chi connectivity index (χ1v) is 6.01. The highest BCUT2D eigenvalue weighted by molar-refractivity contribution is 5.88. The van der Waals surface area contributed by atoms with Crippen molar-refractivity contribution in [2.75, 3.05) is 20.2 Å². The summed E-state index contributed by atoms with van der Waals surface area (Å²) in [6, 6.07) is -0.376. The first-order chi connectivity index (χ1) is 9.06. The Morgan fingerprint density at radius 1 is 1.63 bits per heavy atom. The molecule has 7 nitrogen and oxygen atoms in total. The van der Waals surface area contributed by atoms with Crippen LogP contribution >= 0.6 is 0 Å². The van der Waals surface area contributed by atoms with Gasteiger partial charge in [-0.1, -0.05) is 17.9 Å². The van der Waals surface area contributed by atoms with Crippen LogP contribution in [0.1, 0.15) is 28.6 Å². The number of likely N-dealkylation sites (N-methyl/N-ethyl adjacent to an activating group) is 1. The zero-order chi connectivity index (χ0) is 14.0. The lowest BCUT2D eigenvalue weighted by atomic mass is 10.2. The summed E-state index contributed by atoms with van der Waals surface area (Å²) in [5.41, 5.74) is 0.687. The van der Waals surface area contributed by atoms with E-state index in [1.54, 1.807) is 18.9 Å². The van der Waals surface area contributed by atoms with Crippen LogP contribution in [-0.4, -0.2) is 52.0 Å². The highest BCUT2D eigenvalue weighted by Crippen LogP contribution is 2.23. The van der Waals surface area contributed by atoms with Gasteiger partial charge in [0.1, 0.15) is 12.6 Å².